The number of benzene rings is 1. The molecule has 0 aliphatic carbocycles. The summed E-state index contributed by atoms with van der Waals surface area (Å²) in [5.41, 5.74) is 0.448. The van der Waals surface area contributed by atoms with Gasteiger partial charge in [0.15, 0.2) is 6.61 Å². The highest BCUT2D eigenvalue weighted by molar-refractivity contribution is 5.92. The van der Waals surface area contributed by atoms with Crippen LogP contribution in [0.5, 0.6) is 5.75 Å². The monoisotopic (exact) mass is 398 g/mol. The number of anilines is 1. The molecule has 0 aliphatic heterocycles. The van der Waals surface area contributed by atoms with Crippen molar-refractivity contribution in [3.8, 4) is 5.75 Å². The molecule has 12 heteroatoms. The zero-order valence-corrected chi connectivity index (χ0v) is 14.8. The van der Waals surface area contributed by atoms with E-state index < -0.39 is 36.6 Å². The highest BCUT2D eigenvalue weighted by Crippen LogP contribution is 2.21. The Bertz CT molecular complexity index is 882. The minimum Gasteiger partial charge on any atom is -0.454 e. The molecule has 0 atom stereocenters. The first-order valence-electron chi connectivity index (χ1n) is 7.86. The predicted molar refractivity (Wildman–Crippen MR) is 91.0 cm³/mol. The molecule has 0 aliphatic rings. The molecule has 1 aromatic carbocycles. The number of alkyl halides is 2. The zero-order valence-electron chi connectivity index (χ0n) is 14.8. The molecule has 0 saturated heterocycles. The van der Waals surface area contributed by atoms with Crippen molar-refractivity contribution in [2.75, 3.05) is 11.9 Å². The van der Waals surface area contributed by atoms with E-state index in [0.29, 0.717) is 0 Å². The molecule has 1 amide bonds. The predicted octanol–water partition coefficient (Wildman–Crippen LogP) is 2.19. The molecule has 0 spiro atoms. The number of nitrogens with zero attached hydrogens (tertiary/aromatic N) is 3. The highest BCUT2D eigenvalue weighted by Gasteiger charge is 2.23. The fourth-order valence-electron chi connectivity index (χ4n) is 2.34. The Hall–Kier alpha value is -3.57. The summed E-state index contributed by atoms with van der Waals surface area (Å²) in [6, 6.07) is 5.16. The first-order chi connectivity index (χ1) is 13.2. The van der Waals surface area contributed by atoms with Crippen molar-refractivity contribution < 1.29 is 32.8 Å². The van der Waals surface area contributed by atoms with E-state index in [1.807, 2.05) is 0 Å². The second-order valence-electron chi connectivity index (χ2n) is 5.55. The van der Waals surface area contributed by atoms with Gasteiger partial charge in [-0.15, -0.1) is 0 Å². The molecular weight excluding hydrogens is 382 g/mol. The molecule has 2 rings (SSSR count). The number of halogens is 2. The average Bonchev–Trinajstić information content (AvgIpc) is 2.88. The second-order valence-corrected chi connectivity index (χ2v) is 5.55. The molecule has 0 saturated carbocycles. The van der Waals surface area contributed by atoms with Crippen LogP contribution < -0.4 is 10.1 Å². The molecule has 0 fully saturated rings. The van der Waals surface area contributed by atoms with Gasteiger partial charge < -0.3 is 14.8 Å². The van der Waals surface area contributed by atoms with Gasteiger partial charge in [-0.3, -0.25) is 24.4 Å². The van der Waals surface area contributed by atoms with E-state index in [-0.39, 0.29) is 28.5 Å². The number of esters is 1. The topological polar surface area (TPSA) is 126 Å². The molecule has 0 unspecified atom stereocenters. The maximum absolute atomic E-state index is 12.1. The van der Waals surface area contributed by atoms with Gasteiger partial charge in [0.25, 0.3) is 5.91 Å². The lowest BCUT2D eigenvalue weighted by molar-refractivity contribution is -0.386. The Morgan fingerprint density at radius 3 is 2.46 bits per heavy atom. The maximum atomic E-state index is 12.1. The largest absolute Gasteiger partial charge is 0.454 e. The average molecular weight is 398 g/mol. The number of carbonyl (C=O) groups excluding carboxylic acids is 2. The van der Waals surface area contributed by atoms with Crippen LogP contribution in [0.2, 0.25) is 0 Å². The summed E-state index contributed by atoms with van der Waals surface area (Å²) in [4.78, 5) is 34.0. The van der Waals surface area contributed by atoms with Crippen molar-refractivity contribution in [1.29, 1.82) is 0 Å². The van der Waals surface area contributed by atoms with E-state index in [9.17, 15) is 28.5 Å². The SMILES string of the molecule is Cc1nn(CC(=O)OCC(=O)Nc2ccc(OC(F)F)cc2)c(C)c1[N+](=O)[O-]. The molecular formula is C16H16F2N4O6. The molecule has 0 radical (unpaired) electrons. The third kappa shape index (κ3) is 5.46. The van der Waals surface area contributed by atoms with Gasteiger partial charge in [0, 0.05) is 5.69 Å². The molecule has 10 nitrogen and oxygen atoms in total. The number of nitrogens with one attached hydrogen (secondary N) is 1. The van der Waals surface area contributed by atoms with Crippen LogP contribution in [0.25, 0.3) is 0 Å². The lowest BCUT2D eigenvalue weighted by Gasteiger charge is -2.08. The van der Waals surface area contributed by atoms with E-state index in [1.54, 1.807) is 0 Å². The quantitative estimate of drug-likeness (QED) is 0.410. The van der Waals surface area contributed by atoms with Crippen LogP contribution in [0.15, 0.2) is 24.3 Å². The van der Waals surface area contributed by atoms with E-state index in [2.05, 4.69) is 15.2 Å². The minimum atomic E-state index is -2.96. The van der Waals surface area contributed by atoms with E-state index in [4.69, 9.17) is 4.74 Å². The molecule has 1 aromatic heterocycles. The van der Waals surface area contributed by atoms with E-state index >= 15 is 0 Å². The standard InChI is InChI=1S/C16H16F2N4O6/c1-9-15(22(25)26)10(2)21(20-9)7-14(24)27-8-13(23)19-11-3-5-12(6-4-11)28-16(17)18/h3-6,16H,7-8H2,1-2H3,(H,19,23). The summed E-state index contributed by atoms with van der Waals surface area (Å²) < 4.78 is 34.3. The summed E-state index contributed by atoms with van der Waals surface area (Å²) in [7, 11) is 0. The highest BCUT2D eigenvalue weighted by atomic mass is 19.3. The molecule has 1 heterocycles. The van der Waals surface area contributed by atoms with Gasteiger partial charge in [-0.2, -0.15) is 13.9 Å². The molecule has 1 N–H and O–H groups in total. The summed E-state index contributed by atoms with van der Waals surface area (Å²) >= 11 is 0. The van der Waals surface area contributed by atoms with Gasteiger partial charge in [0.05, 0.1) is 4.92 Å². The Morgan fingerprint density at radius 1 is 1.29 bits per heavy atom. The van der Waals surface area contributed by atoms with Crippen LogP contribution in [-0.4, -0.2) is 39.8 Å². The second kappa shape index (κ2) is 8.88. The Labute approximate surface area is 157 Å². The van der Waals surface area contributed by atoms with Gasteiger partial charge in [-0.25, -0.2) is 0 Å². The maximum Gasteiger partial charge on any atom is 0.387 e. The van der Waals surface area contributed by atoms with Crippen LogP contribution >= 0.6 is 0 Å². The third-order valence-corrected chi connectivity index (χ3v) is 3.53. The number of hydrogen-bond acceptors (Lipinski definition) is 7. The van der Waals surface area contributed by atoms with Gasteiger partial charge in [0.1, 0.15) is 23.7 Å². The summed E-state index contributed by atoms with van der Waals surface area (Å²) in [5, 5.41) is 17.3. The molecule has 0 bridgehead atoms. The minimum absolute atomic E-state index is 0.0709. The van der Waals surface area contributed by atoms with E-state index in [0.717, 1.165) is 4.68 Å². The number of amides is 1. The number of rotatable bonds is 8. The van der Waals surface area contributed by atoms with Crippen molar-refractivity contribution in [2.24, 2.45) is 0 Å². The van der Waals surface area contributed by atoms with Crippen LogP contribution in [0.1, 0.15) is 11.4 Å². The fraction of sp³-hybridized carbons (Fsp3) is 0.312. The molecule has 150 valence electrons. The lowest BCUT2D eigenvalue weighted by Crippen LogP contribution is -2.23. The number of hydrogen-bond donors (Lipinski definition) is 1. The zero-order chi connectivity index (χ0) is 20.8. The van der Waals surface area contributed by atoms with Crippen molar-refractivity contribution >= 4 is 23.3 Å². The van der Waals surface area contributed by atoms with Crippen LogP contribution in [0, 0.1) is 24.0 Å². The van der Waals surface area contributed by atoms with Crippen LogP contribution in [0.3, 0.4) is 0 Å². The third-order valence-electron chi connectivity index (χ3n) is 3.53. The number of nitro groups is 1. The fourth-order valence-corrected chi connectivity index (χ4v) is 2.34. The Balaban J connectivity index is 1.85. The first-order valence-corrected chi connectivity index (χ1v) is 7.86. The van der Waals surface area contributed by atoms with Gasteiger partial charge in [-0.05, 0) is 38.1 Å². The summed E-state index contributed by atoms with van der Waals surface area (Å²) in [6.07, 6.45) is 0. The number of aryl methyl sites for hydroxylation is 1. The molecule has 2 aromatic rings. The Kier molecular flexibility index (Phi) is 6.58. The van der Waals surface area contributed by atoms with Crippen molar-refractivity contribution in [2.45, 2.75) is 27.0 Å². The number of ether oxygens (including phenoxy) is 2. The van der Waals surface area contributed by atoms with Crippen molar-refractivity contribution in [3.63, 3.8) is 0 Å². The summed E-state index contributed by atoms with van der Waals surface area (Å²) in [6.45, 7) is -1.07. The smallest absolute Gasteiger partial charge is 0.387 e. The summed E-state index contributed by atoms with van der Waals surface area (Å²) in [5.74, 6) is -1.54. The first kappa shape index (κ1) is 20.7. The van der Waals surface area contributed by atoms with Crippen molar-refractivity contribution in [1.82, 2.24) is 9.78 Å². The van der Waals surface area contributed by atoms with Gasteiger partial charge in [0.2, 0.25) is 0 Å². The van der Waals surface area contributed by atoms with Gasteiger partial charge in [-0.1, -0.05) is 0 Å². The van der Waals surface area contributed by atoms with Crippen LogP contribution in [-0.2, 0) is 20.9 Å². The number of carbonyl (C=O) groups is 2. The van der Waals surface area contributed by atoms with E-state index in [1.165, 1.54) is 38.1 Å². The lowest BCUT2D eigenvalue weighted by atomic mass is 10.3. The van der Waals surface area contributed by atoms with Gasteiger partial charge >= 0.3 is 18.3 Å². The molecule has 28 heavy (non-hydrogen) atoms. The normalized spacial score (nSPS) is 10.6. The van der Waals surface area contributed by atoms with Crippen molar-refractivity contribution in [3.05, 3.63) is 45.8 Å². The Morgan fingerprint density at radius 2 is 1.93 bits per heavy atom. The van der Waals surface area contributed by atoms with Crippen LogP contribution in [0.4, 0.5) is 20.2 Å². The number of aromatic nitrogens is 2.